The lowest BCUT2D eigenvalue weighted by Crippen LogP contribution is -2.06. The van der Waals surface area contributed by atoms with E-state index in [4.69, 9.17) is 0 Å². The molecule has 1 aliphatic rings. The lowest BCUT2D eigenvalue weighted by molar-refractivity contribution is -0.123. The maximum atomic E-state index is 10.6. The molecule has 1 heterocycles. The Morgan fingerprint density at radius 1 is 1.88 bits per heavy atom. The second-order valence-electron chi connectivity index (χ2n) is 1.75. The second-order valence-corrected chi connectivity index (χ2v) is 2.24. The third-order valence-electron chi connectivity index (χ3n) is 0.941. The molecule has 0 saturated carbocycles. The van der Waals surface area contributed by atoms with E-state index in [1.54, 1.807) is 0 Å². The fourth-order valence-corrected chi connectivity index (χ4v) is 0.863. The molecule has 1 unspecified atom stereocenters. The van der Waals surface area contributed by atoms with Gasteiger partial charge in [0.05, 0.1) is 6.42 Å². The topological polar surface area (TPSA) is 32.7 Å². The molecule has 4 heteroatoms. The smallest absolute Gasteiger partial charge is 0.251 e. The minimum atomic E-state index is 0.0486. The van der Waals surface area contributed by atoms with Crippen LogP contribution in [0.25, 0.3) is 0 Å². The van der Waals surface area contributed by atoms with E-state index < -0.39 is 0 Å². The first-order valence-corrected chi connectivity index (χ1v) is 2.83. The van der Waals surface area contributed by atoms with Crippen LogP contribution in [0.4, 0.5) is 0 Å². The van der Waals surface area contributed by atoms with Gasteiger partial charge in [0.1, 0.15) is 0 Å². The number of carbonyl (C=O) groups is 1. The molecule has 8 heavy (non-hydrogen) atoms. The summed E-state index contributed by atoms with van der Waals surface area (Å²) in [7, 11) is 2.23. The number of nitrogens with zero attached hydrogens (tertiary/aromatic N) is 2. The molecule has 0 bridgehead atoms. The highest BCUT2D eigenvalue weighted by Gasteiger charge is 2.15. The van der Waals surface area contributed by atoms with Crippen LogP contribution in [-0.4, -0.2) is 16.4 Å². The van der Waals surface area contributed by atoms with Crippen molar-refractivity contribution in [2.45, 2.75) is 13.3 Å². The highest BCUT2D eigenvalue weighted by Crippen LogP contribution is 2.11. The van der Waals surface area contributed by atoms with E-state index in [2.05, 4.69) is 14.5 Å². The first-order valence-electron chi connectivity index (χ1n) is 2.32. The Morgan fingerprint density at radius 3 is 2.62 bits per heavy atom. The molecule has 1 amide bonds. The number of hydrogen-bond donors (Lipinski definition) is 0. The van der Waals surface area contributed by atoms with Crippen LogP contribution in [0, 0.1) is 0 Å². The van der Waals surface area contributed by atoms with Crippen molar-refractivity contribution in [1.29, 1.82) is 0 Å². The van der Waals surface area contributed by atoms with E-state index in [1.165, 1.54) is 4.78 Å². The minimum Gasteiger partial charge on any atom is -0.272 e. The molecular weight excluding hydrogens is 123 g/mol. The van der Waals surface area contributed by atoms with E-state index in [9.17, 15) is 4.79 Å². The highest BCUT2D eigenvalue weighted by molar-refractivity contribution is 7.14. The van der Waals surface area contributed by atoms with E-state index in [-0.39, 0.29) is 5.91 Å². The van der Waals surface area contributed by atoms with Crippen molar-refractivity contribution < 1.29 is 4.79 Å². The lowest BCUT2D eigenvalue weighted by atomic mass is 10.3. The molecule has 0 N–H and O–H groups in total. The zero-order chi connectivity index (χ0) is 6.15. The molecule has 0 fully saturated rings. The Balaban J connectivity index is 2.69. The molecule has 0 radical (unpaired) electrons. The number of amides is 1. The lowest BCUT2D eigenvalue weighted by Gasteiger charge is -1.98. The molecule has 1 rings (SSSR count). The van der Waals surface area contributed by atoms with Crippen LogP contribution in [0.5, 0.6) is 0 Å². The summed E-state index contributed by atoms with van der Waals surface area (Å²) in [5, 5.41) is 3.83. The van der Waals surface area contributed by atoms with Crippen LogP contribution < -0.4 is 0 Å². The van der Waals surface area contributed by atoms with Gasteiger partial charge in [-0.05, 0) is 16.3 Å². The summed E-state index contributed by atoms with van der Waals surface area (Å²) in [5.74, 6) is 0.0486. The second kappa shape index (κ2) is 1.82. The van der Waals surface area contributed by atoms with Crippen molar-refractivity contribution in [3.8, 4) is 0 Å². The van der Waals surface area contributed by atoms with Gasteiger partial charge in [-0.15, -0.1) is 0 Å². The van der Waals surface area contributed by atoms with Gasteiger partial charge in [-0.2, -0.15) is 5.10 Å². The van der Waals surface area contributed by atoms with E-state index in [0.717, 1.165) is 5.71 Å². The maximum Gasteiger partial charge on any atom is 0.251 e. The summed E-state index contributed by atoms with van der Waals surface area (Å²) < 4.78 is 1.29. The predicted octanol–water partition coefficient (Wildman–Crippen LogP) is 0.385. The van der Waals surface area contributed by atoms with Crippen LogP contribution in [-0.2, 0) is 4.79 Å². The van der Waals surface area contributed by atoms with E-state index in [0.29, 0.717) is 6.42 Å². The quantitative estimate of drug-likeness (QED) is 0.436. The van der Waals surface area contributed by atoms with Crippen molar-refractivity contribution in [2.24, 2.45) is 5.10 Å². The molecule has 0 aliphatic carbocycles. The van der Waals surface area contributed by atoms with Crippen molar-refractivity contribution in [2.75, 3.05) is 0 Å². The SMILES string of the molecule is CC1=NN(P)C(=O)C1. The molecule has 0 saturated heterocycles. The average molecular weight is 130 g/mol. The fraction of sp³-hybridized carbons (Fsp3) is 0.500. The van der Waals surface area contributed by atoms with Crippen molar-refractivity contribution >= 4 is 21.0 Å². The summed E-state index contributed by atoms with van der Waals surface area (Å²) >= 11 is 0. The molecular formula is C4H7N2OP. The highest BCUT2D eigenvalue weighted by atomic mass is 31.0. The van der Waals surface area contributed by atoms with Gasteiger partial charge in [0.25, 0.3) is 5.91 Å². The molecule has 3 nitrogen and oxygen atoms in total. The summed E-state index contributed by atoms with van der Waals surface area (Å²) in [4.78, 5) is 10.6. The molecule has 1 aliphatic heterocycles. The first kappa shape index (κ1) is 5.70. The van der Waals surface area contributed by atoms with Gasteiger partial charge < -0.3 is 0 Å². The third kappa shape index (κ3) is 0.869. The Hall–Kier alpha value is -0.430. The zero-order valence-electron chi connectivity index (χ0n) is 4.59. The number of carbonyl (C=O) groups excluding carboxylic acids is 1. The Bertz CT molecular complexity index is 154. The third-order valence-corrected chi connectivity index (χ3v) is 1.34. The summed E-state index contributed by atoms with van der Waals surface area (Å²) in [5.41, 5.74) is 0.880. The number of rotatable bonds is 0. The van der Waals surface area contributed by atoms with Crippen LogP contribution in [0.1, 0.15) is 13.3 Å². The minimum absolute atomic E-state index is 0.0486. The molecule has 0 spiro atoms. The predicted molar refractivity (Wildman–Crippen MR) is 34.3 cm³/mol. The van der Waals surface area contributed by atoms with Gasteiger partial charge in [0.2, 0.25) is 0 Å². The molecule has 44 valence electrons. The average Bonchev–Trinajstić information content (AvgIpc) is 1.85. The van der Waals surface area contributed by atoms with Crippen molar-refractivity contribution in [3.05, 3.63) is 0 Å². The van der Waals surface area contributed by atoms with Gasteiger partial charge >= 0.3 is 0 Å². The zero-order valence-corrected chi connectivity index (χ0v) is 5.74. The van der Waals surface area contributed by atoms with Gasteiger partial charge in [0, 0.05) is 5.71 Å². The number of hydrogen-bond acceptors (Lipinski definition) is 2. The largest absolute Gasteiger partial charge is 0.272 e. The van der Waals surface area contributed by atoms with Gasteiger partial charge in [0.15, 0.2) is 0 Å². The molecule has 0 aromatic rings. The first-order chi connectivity index (χ1) is 3.70. The van der Waals surface area contributed by atoms with Crippen molar-refractivity contribution in [3.63, 3.8) is 0 Å². The summed E-state index contributed by atoms with van der Waals surface area (Å²) in [6.45, 7) is 1.84. The van der Waals surface area contributed by atoms with E-state index in [1.807, 2.05) is 6.92 Å². The Kier molecular flexibility index (Phi) is 1.30. The van der Waals surface area contributed by atoms with E-state index >= 15 is 0 Å². The summed E-state index contributed by atoms with van der Waals surface area (Å²) in [6, 6.07) is 0. The monoisotopic (exact) mass is 130 g/mol. The van der Waals surface area contributed by atoms with Gasteiger partial charge in [-0.25, -0.2) is 4.78 Å². The molecule has 1 atom stereocenters. The Morgan fingerprint density at radius 2 is 2.50 bits per heavy atom. The normalized spacial score (nSPS) is 19.5. The fourth-order valence-electron chi connectivity index (χ4n) is 0.575. The van der Waals surface area contributed by atoms with Crippen LogP contribution in [0.15, 0.2) is 5.10 Å². The molecule has 0 aromatic heterocycles. The van der Waals surface area contributed by atoms with Crippen LogP contribution in [0.2, 0.25) is 0 Å². The van der Waals surface area contributed by atoms with Gasteiger partial charge in [-0.3, -0.25) is 4.79 Å². The molecule has 0 aromatic carbocycles. The number of hydrazone groups is 1. The Labute approximate surface area is 50.0 Å². The standard InChI is InChI=1S/C4H7N2OP/c1-3-2-4(7)6(8)5-3/h2,8H2,1H3. The summed E-state index contributed by atoms with van der Waals surface area (Å²) in [6.07, 6.45) is 0.476. The van der Waals surface area contributed by atoms with Gasteiger partial charge in [-0.1, -0.05) is 0 Å². The van der Waals surface area contributed by atoms with Crippen LogP contribution >= 0.6 is 9.39 Å². The van der Waals surface area contributed by atoms with Crippen molar-refractivity contribution in [1.82, 2.24) is 4.78 Å². The maximum absolute atomic E-state index is 10.6. The van der Waals surface area contributed by atoms with Crippen LogP contribution in [0.3, 0.4) is 0 Å².